The van der Waals surface area contributed by atoms with Gasteiger partial charge in [0.2, 0.25) is 0 Å². The van der Waals surface area contributed by atoms with E-state index < -0.39 is 55.9 Å². The maximum atomic E-state index is 14.5. The number of rotatable bonds is 12. The molecule has 0 spiro atoms. The second-order valence-corrected chi connectivity index (χ2v) is 15.0. The lowest BCUT2D eigenvalue weighted by atomic mass is 10.0. The van der Waals surface area contributed by atoms with Crippen LogP contribution in [0.2, 0.25) is 10.0 Å². The molecule has 0 unspecified atom stereocenters. The molecule has 1 aliphatic rings. The van der Waals surface area contributed by atoms with Crippen LogP contribution in [0.15, 0.2) is 69.1 Å². The molecular formula is C34H35Cl2F3N4O7S. The van der Waals surface area contributed by atoms with Crippen LogP contribution in [0.25, 0.3) is 10.9 Å². The van der Waals surface area contributed by atoms with Gasteiger partial charge in [0.25, 0.3) is 5.56 Å². The fourth-order valence-electron chi connectivity index (χ4n) is 5.92. The van der Waals surface area contributed by atoms with E-state index in [1.165, 1.54) is 25.1 Å². The average Bonchev–Trinajstić information content (AvgIpc) is 3.09. The standard InChI is InChI=1S/C34H35Cl2F3N4O7S/c1-2-51(47,48)28-11-10-23(35)15-22(28)17-43-31(44)25-16-27(34(37,38)39)26(29(36)30(25)41-32(43)45)19-42-13-6-9-24(18-42)49-14-12-40-33(46)50-20-21-7-4-3-5-8-21/h3-5,7-8,10-11,15-16,24H,2,6,9,12-14,17-20H2,1H3,(H,40,46)(H,41,45)/t24-/m0/s1. The molecule has 0 aliphatic carbocycles. The summed E-state index contributed by atoms with van der Waals surface area (Å²) in [6.07, 6.45) is -4.60. The summed E-state index contributed by atoms with van der Waals surface area (Å²) in [5, 5.41) is 1.82. The lowest BCUT2D eigenvalue weighted by Gasteiger charge is -2.33. The summed E-state index contributed by atoms with van der Waals surface area (Å²) in [5.74, 6) is -0.273. The predicted octanol–water partition coefficient (Wildman–Crippen LogP) is 5.76. The van der Waals surface area contributed by atoms with Crippen LogP contribution in [0, 0.1) is 0 Å². The molecule has 1 saturated heterocycles. The summed E-state index contributed by atoms with van der Waals surface area (Å²) in [4.78, 5) is 42.8. The molecule has 3 aromatic carbocycles. The van der Waals surface area contributed by atoms with Crippen LogP contribution < -0.4 is 16.6 Å². The van der Waals surface area contributed by atoms with Crippen LogP contribution in [-0.4, -0.2) is 67.1 Å². The summed E-state index contributed by atoms with van der Waals surface area (Å²) in [5.41, 5.74) is -2.96. The first-order valence-electron chi connectivity index (χ1n) is 16.0. The molecular weight excluding hydrogens is 736 g/mol. The van der Waals surface area contributed by atoms with E-state index in [1.807, 2.05) is 30.3 Å². The molecule has 1 fully saturated rings. The van der Waals surface area contributed by atoms with Gasteiger partial charge in [-0.3, -0.25) is 14.3 Å². The molecule has 1 amide bonds. The van der Waals surface area contributed by atoms with Crippen molar-refractivity contribution in [1.82, 2.24) is 19.8 Å². The normalized spacial score (nSPS) is 15.6. The van der Waals surface area contributed by atoms with Gasteiger partial charge in [0.05, 0.1) is 51.4 Å². The predicted molar refractivity (Wildman–Crippen MR) is 186 cm³/mol. The molecule has 2 heterocycles. The number of alkyl carbamates (subject to hydrolysis) is 1. The van der Waals surface area contributed by atoms with Gasteiger partial charge in [0, 0.05) is 24.7 Å². The van der Waals surface area contributed by atoms with Crippen molar-refractivity contribution < 1.29 is 35.9 Å². The number of carbonyl (C=O) groups excluding carboxylic acids is 1. The fraction of sp³-hybridized carbons (Fsp3) is 0.382. The number of benzene rings is 3. The highest BCUT2D eigenvalue weighted by atomic mass is 35.5. The van der Waals surface area contributed by atoms with E-state index in [0.29, 0.717) is 30.0 Å². The van der Waals surface area contributed by atoms with Gasteiger partial charge >= 0.3 is 18.0 Å². The molecule has 4 aromatic rings. The van der Waals surface area contributed by atoms with Crippen molar-refractivity contribution in [3.63, 3.8) is 0 Å². The van der Waals surface area contributed by atoms with E-state index in [1.54, 1.807) is 4.90 Å². The summed E-state index contributed by atoms with van der Waals surface area (Å²) >= 11 is 12.6. The Hall–Kier alpha value is -3.89. The van der Waals surface area contributed by atoms with Crippen LogP contribution in [0.4, 0.5) is 18.0 Å². The van der Waals surface area contributed by atoms with Crippen LogP contribution in [-0.2, 0) is 45.2 Å². The lowest BCUT2D eigenvalue weighted by Crippen LogP contribution is -2.41. The Morgan fingerprint density at radius 1 is 1.08 bits per heavy atom. The highest BCUT2D eigenvalue weighted by Gasteiger charge is 2.37. The largest absolute Gasteiger partial charge is 0.445 e. The SMILES string of the molecule is CCS(=O)(=O)c1ccc(Cl)cc1Cn1c(=O)[nH]c2c(Cl)c(CN3CCC[C@H](OCCNC(=O)OCc4ccccc4)C3)c(C(F)(F)F)cc2c1=O. The Labute approximate surface area is 301 Å². The van der Waals surface area contributed by atoms with Crippen molar-refractivity contribution in [1.29, 1.82) is 0 Å². The number of sulfone groups is 1. The van der Waals surface area contributed by atoms with E-state index >= 15 is 0 Å². The zero-order valence-corrected chi connectivity index (χ0v) is 29.7. The highest BCUT2D eigenvalue weighted by Crippen LogP contribution is 2.39. The van der Waals surface area contributed by atoms with Gasteiger partial charge in [-0.1, -0.05) is 60.5 Å². The Balaban J connectivity index is 1.32. The number of halogens is 5. The van der Waals surface area contributed by atoms with Gasteiger partial charge in [-0.2, -0.15) is 13.2 Å². The minimum Gasteiger partial charge on any atom is -0.445 e. The molecule has 0 bridgehead atoms. The molecule has 0 saturated carbocycles. The summed E-state index contributed by atoms with van der Waals surface area (Å²) in [7, 11) is -3.80. The number of nitrogens with zero attached hydrogens (tertiary/aromatic N) is 2. The Kier molecular flexibility index (Phi) is 12.2. The third kappa shape index (κ3) is 9.32. The topological polar surface area (TPSA) is 140 Å². The van der Waals surface area contributed by atoms with Gasteiger partial charge < -0.3 is 19.8 Å². The third-order valence-electron chi connectivity index (χ3n) is 8.47. The van der Waals surface area contributed by atoms with E-state index in [0.717, 1.165) is 5.56 Å². The maximum absolute atomic E-state index is 14.5. The molecule has 17 heteroatoms. The second kappa shape index (κ2) is 16.2. The molecule has 11 nitrogen and oxygen atoms in total. The zero-order chi connectivity index (χ0) is 36.9. The number of amides is 1. The second-order valence-electron chi connectivity index (χ2n) is 12.0. The molecule has 1 aliphatic heterocycles. The number of ether oxygens (including phenoxy) is 2. The van der Waals surface area contributed by atoms with Crippen LogP contribution >= 0.6 is 23.2 Å². The number of piperidine rings is 1. The molecule has 1 atom stereocenters. The van der Waals surface area contributed by atoms with Gasteiger partial charge in [0.15, 0.2) is 9.84 Å². The van der Waals surface area contributed by atoms with Crippen molar-refractivity contribution in [2.45, 2.75) is 56.6 Å². The molecule has 2 N–H and O–H groups in total. The van der Waals surface area contributed by atoms with Crippen molar-refractivity contribution in [2.24, 2.45) is 0 Å². The van der Waals surface area contributed by atoms with Crippen LogP contribution in [0.1, 0.15) is 42.0 Å². The van der Waals surface area contributed by atoms with Crippen LogP contribution in [0.3, 0.4) is 0 Å². The monoisotopic (exact) mass is 770 g/mol. The molecule has 1 aromatic heterocycles. The highest BCUT2D eigenvalue weighted by molar-refractivity contribution is 7.91. The van der Waals surface area contributed by atoms with Gasteiger partial charge in [-0.15, -0.1) is 0 Å². The van der Waals surface area contributed by atoms with Crippen molar-refractivity contribution in [3.8, 4) is 0 Å². The minimum atomic E-state index is -4.91. The number of aromatic amines is 1. The third-order valence-corrected chi connectivity index (χ3v) is 11.0. The van der Waals surface area contributed by atoms with Gasteiger partial charge in [0.1, 0.15) is 6.61 Å². The number of alkyl halides is 3. The summed E-state index contributed by atoms with van der Waals surface area (Å²) in [6, 6.07) is 13.7. The zero-order valence-electron chi connectivity index (χ0n) is 27.4. The Morgan fingerprint density at radius 2 is 1.82 bits per heavy atom. The number of carbonyl (C=O) groups is 1. The molecule has 51 heavy (non-hydrogen) atoms. The number of hydrogen-bond donors (Lipinski definition) is 2. The van der Waals surface area contributed by atoms with Gasteiger partial charge in [-0.25, -0.2) is 18.0 Å². The number of H-pyrrole nitrogens is 1. The summed E-state index contributed by atoms with van der Waals surface area (Å²) in [6.45, 7) is 1.74. The van der Waals surface area contributed by atoms with E-state index in [-0.39, 0.29) is 71.3 Å². The minimum absolute atomic E-state index is 0.0238. The number of nitrogens with one attached hydrogen (secondary N) is 2. The lowest BCUT2D eigenvalue weighted by molar-refractivity contribution is -0.138. The Morgan fingerprint density at radius 3 is 2.53 bits per heavy atom. The van der Waals surface area contributed by atoms with E-state index in [2.05, 4.69) is 10.3 Å². The maximum Gasteiger partial charge on any atom is 0.416 e. The quantitative estimate of drug-likeness (QED) is 0.173. The molecule has 5 rings (SSSR count). The fourth-order valence-corrected chi connectivity index (χ4v) is 7.53. The van der Waals surface area contributed by atoms with Crippen molar-refractivity contribution >= 4 is 50.0 Å². The summed E-state index contributed by atoms with van der Waals surface area (Å²) < 4.78 is 80.6. The average molecular weight is 772 g/mol. The number of fused-ring (bicyclic) bond motifs is 1. The first kappa shape index (κ1) is 38.3. The molecule has 0 radical (unpaired) electrons. The number of hydrogen-bond acceptors (Lipinski definition) is 8. The number of likely N-dealkylation sites (tertiary alicyclic amines) is 1. The molecule has 274 valence electrons. The van der Waals surface area contributed by atoms with E-state index in [4.69, 9.17) is 32.7 Å². The van der Waals surface area contributed by atoms with Gasteiger partial charge in [-0.05, 0) is 60.3 Å². The first-order chi connectivity index (χ1) is 24.2. The number of aromatic nitrogens is 2. The smallest absolute Gasteiger partial charge is 0.416 e. The van der Waals surface area contributed by atoms with E-state index in [9.17, 15) is 36.0 Å². The van der Waals surface area contributed by atoms with Crippen molar-refractivity contribution in [3.05, 3.63) is 108 Å². The first-order valence-corrected chi connectivity index (χ1v) is 18.4. The Bertz CT molecular complexity index is 2130. The van der Waals surface area contributed by atoms with Crippen molar-refractivity contribution in [2.75, 3.05) is 32.0 Å². The van der Waals surface area contributed by atoms with Crippen LogP contribution in [0.5, 0.6) is 0 Å².